The third-order valence-electron chi connectivity index (χ3n) is 3.84. The van der Waals surface area contributed by atoms with Crippen molar-refractivity contribution in [3.63, 3.8) is 0 Å². The van der Waals surface area contributed by atoms with E-state index in [-0.39, 0.29) is 0 Å². The van der Waals surface area contributed by atoms with E-state index in [1.807, 2.05) is 18.2 Å². The van der Waals surface area contributed by atoms with Crippen LogP contribution < -0.4 is 15.8 Å². The fourth-order valence-corrected chi connectivity index (χ4v) is 2.87. The number of ether oxygens (including phenoxy) is 1. The first-order valence-corrected chi connectivity index (χ1v) is 7.08. The molecule has 104 valence electrons. The number of benzene rings is 2. The molecule has 0 spiro atoms. The van der Waals surface area contributed by atoms with Gasteiger partial charge in [-0.2, -0.15) is 0 Å². The van der Waals surface area contributed by atoms with Crippen molar-refractivity contribution in [2.45, 2.75) is 25.7 Å². The molecule has 0 amide bonds. The molecule has 2 aromatic carbocycles. The van der Waals surface area contributed by atoms with Gasteiger partial charge in [-0.3, -0.25) is 0 Å². The Kier molecular flexibility index (Phi) is 3.50. The highest BCUT2D eigenvalue weighted by Crippen LogP contribution is 2.31. The summed E-state index contributed by atoms with van der Waals surface area (Å²) in [6.07, 6.45) is 4.90. The van der Waals surface area contributed by atoms with E-state index in [4.69, 9.17) is 10.5 Å². The van der Waals surface area contributed by atoms with Crippen molar-refractivity contribution in [3.05, 3.63) is 47.5 Å². The fourth-order valence-electron chi connectivity index (χ4n) is 2.87. The van der Waals surface area contributed by atoms with Gasteiger partial charge in [-0.25, -0.2) is 0 Å². The lowest BCUT2D eigenvalue weighted by molar-refractivity contribution is 0.415. The first-order valence-electron chi connectivity index (χ1n) is 7.08. The van der Waals surface area contributed by atoms with E-state index in [0.717, 1.165) is 17.9 Å². The summed E-state index contributed by atoms with van der Waals surface area (Å²) >= 11 is 0. The van der Waals surface area contributed by atoms with Crippen molar-refractivity contribution < 1.29 is 4.74 Å². The summed E-state index contributed by atoms with van der Waals surface area (Å²) in [5, 5.41) is 3.49. The van der Waals surface area contributed by atoms with Gasteiger partial charge in [0.1, 0.15) is 5.75 Å². The molecule has 3 heteroatoms. The number of fused-ring (bicyclic) bond motifs is 1. The Labute approximate surface area is 119 Å². The zero-order valence-corrected chi connectivity index (χ0v) is 11.8. The quantitative estimate of drug-likeness (QED) is 0.830. The number of hydrogen-bond acceptors (Lipinski definition) is 3. The Bertz CT molecular complexity index is 622. The lowest BCUT2D eigenvalue weighted by atomic mass is 9.90. The van der Waals surface area contributed by atoms with Gasteiger partial charge in [-0.15, -0.1) is 0 Å². The Hall–Kier alpha value is -2.16. The monoisotopic (exact) mass is 268 g/mol. The molecule has 0 unspecified atom stereocenters. The first kappa shape index (κ1) is 12.9. The van der Waals surface area contributed by atoms with Crippen molar-refractivity contribution in [2.24, 2.45) is 0 Å². The van der Waals surface area contributed by atoms with E-state index in [0.29, 0.717) is 5.69 Å². The molecule has 0 heterocycles. The highest BCUT2D eigenvalue weighted by atomic mass is 16.5. The Morgan fingerprint density at radius 1 is 1.10 bits per heavy atom. The van der Waals surface area contributed by atoms with Gasteiger partial charge in [0, 0.05) is 29.2 Å². The standard InChI is InChI=1S/C17H20N2O/c1-20-15-10-13(18)9-14(11-15)19-17-8-4-6-12-5-2-3-7-16(12)17/h4,6,8-11,19H,2-3,5,7,18H2,1H3. The molecule has 3 N–H and O–H groups in total. The zero-order chi connectivity index (χ0) is 13.9. The molecule has 0 saturated carbocycles. The van der Waals surface area contributed by atoms with E-state index in [9.17, 15) is 0 Å². The van der Waals surface area contributed by atoms with Crippen LogP contribution in [0.25, 0.3) is 0 Å². The molecule has 0 saturated heterocycles. The van der Waals surface area contributed by atoms with Crippen LogP contribution in [-0.4, -0.2) is 7.11 Å². The van der Waals surface area contributed by atoms with Crippen LogP contribution in [0.1, 0.15) is 24.0 Å². The number of nitrogen functional groups attached to an aromatic ring is 1. The van der Waals surface area contributed by atoms with Crippen LogP contribution in [-0.2, 0) is 12.8 Å². The number of aryl methyl sites for hydroxylation is 1. The van der Waals surface area contributed by atoms with Crippen LogP contribution in [0.5, 0.6) is 5.75 Å². The highest BCUT2D eigenvalue weighted by molar-refractivity contribution is 5.69. The van der Waals surface area contributed by atoms with E-state index in [1.165, 1.54) is 36.1 Å². The third kappa shape index (κ3) is 2.57. The largest absolute Gasteiger partial charge is 0.497 e. The Balaban J connectivity index is 1.93. The summed E-state index contributed by atoms with van der Waals surface area (Å²) < 4.78 is 5.27. The maximum atomic E-state index is 5.91. The average molecular weight is 268 g/mol. The molecule has 1 aliphatic rings. The predicted octanol–water partition coefficient (Wildman–Crippen LogP) is 3.90. The van der Waals surface area contributed by atoms with Gasteiger partial charge in [-0.05, 0) is 48.9 Å². The minimum absolute atomic E-state index is 0.705. The molecule has 0 aromatic heterocycles. The molecule has 3 nitrogen and oxygen atoms in total. The normalized spacial score (nSPS) is 13.7. The summed E-state index contributed by atoms with van der Waals surface area (Å²) in [7, 11) is 1.66. The van der Waals surface area contributed by atoms with E-state index >= 15 is 0 Å². The molecule has 0 bridgehead atoms. The topological polar surface area (TPSA) is 47.3 Å². The summed E-state index contributed by atoms with van der Waals surface area (Å²) in [4.78, 5) is 0. The van der Waals surface area contributed by atoms with Crippen LogP contribution in [0.2, 0.25) is 0 Å². The second kappa shape index (κ2) is 5.45. The second-order valence-electron chi connectivity index (χ2n) is 5.27. The van der Waals surface area contributed by atoms with Crippen LogP contribution in [0.15, 0.2) is 36.4 Å². The van der Waals surface area contributed by atoms with Crippen molar-refractivity contribution in [1.29, 1.82) is 0 Å². The molecule has 3 rings (SSSR count). The third-order valence-corrected chi connectivity index (χ3v) is 3.84. The van der Waals surface area contributed by atoms with Crippen molar-refractivity contribution >= 4 is 17.1 Å². The molecule has 0 atom stereocenters. The van der Waals surface area contributed by atoms with Crippen molar-refractivity contribution in [3.8, 4) is 5.75 Å². The number of methoxy groups -OCH3 is 1. The summed E-state index contributed by atoms with van der Waals surface area (Å²) in [5.41, 5.74) is 11.7. The highest BCUT2D eigenvalue weighted by Gasteiger charge is 2.13. The summed E-state index contributed by atoms with van der Waals surface area (Å²) in [5.74, 6) is 0.775. The van der Waals surface area contributed by atoms with Crippen LogP contribution in [0.4, 0.5) is 17.1 Å². The Morgan fingerprint density at radius 2 is 1.95 bits per heavy atom. The van der Waals surface area contributed by atoms with Gasteiger partial charge in [0.15, 0.2) is 0 Å². The van der Waals surface area contributed by atoms with Gasteiger partial charge in [0.2, 0.25) is 0 Å². The van der Waals surface area contributed by atoms with Crippen LogP contribution >= 0.6 is 0 Å². The minimum atomic E-state index is 0.705. The second-order valence-corrected chi connectivity index (χ2v) is 5.27. The zero-order valence-electron chi connectivity index (χ0n) is 11.8. The van der Waals surface area contributed by atoms with Crippen LogP contribution in [0, 0.1) is 0 Å². The average Bonchev–Trinajstić information content (AvgIpc) is 2.47. The molecule has 1 aliphatic carbocycles. The van der Waals surface area contributed by atoms with Crippen LogP contribution in [0.3, 0.4) is 0 Å². The van der Waals surface area contributed by atoms with Crippen molar-refractivity contribution in [1.82, 2.24) is 0 Å². The maximum absolute atomic E-state index is 5.91. The van der Waals surface area contributed by atoms with Gasteiger partial charge >= 0.3 is 0 Å². The SMILES string of the molecule is COc1cc(N)cc(Nc2cccc3c2CCCC3)c1. The lowest BCUT2D eigenvalue weighted by Gasteiger charge is -2.20. The number of nitrogens with one attached hydrogen (secondary N) is 1. The van der Waals surface area contributed by atoms with E-state index in [2.05, 4.69) is 23.5 Å². The number of nitrogens with two attached hydrogens (primary N) is 1. The predicted molar refractivity (Wildman–Crippen MR) is 83.8 cm³/mol. The minimum Gasteiger partial charge on any atom is -0.497 e. The van der Waals surface area contributed by atoms with Crippen molar-refractivity contribution in [2.75, 3.05) is 18.2 Å². The number of anilines is 3. The molecule has 20 heavy (non-hydrogen) atoms. The maximum Gasteiger partial charge on any atom is 0.122 e. The Morgan fingerprint density at radius 3 is 2.80 bits per heavy atom. The summed E-state index contributed by atoms with van der Waals surface area (Å²) in [6.45, 7) is 0. The van der Waals surface area contributed by atoms with E-state index < -0.39 is 0 Å². The summed E-state index contributed by atoms with van der Waals surface area (Å²) in [6, 6.07) is 12.2. The molecular weight excluding hydrogens is 248 g/mol. The van der Waals surface area contributed by atoms with Gasteiger partial charge < -0.3 is 15.8 Å². The molecule has 0 radical (unpaired) electrons. The first-order chi connectivity index (χ1) is 9.76. The molecular formula is C17H20N2O. The molecule has 0 fully saturated rings. The lowest BCUT2D eigenvalue weighted by Crippen LogP contribution is -2.06. The molecule has 2 aromatic rings. The van der Waals surface area contributed by atoms with Gasteiger partial charge in [0.25, 0.3) is 0 Å². The van der Waals surface area contributed by atoms with Gasteiger partial charge in [-0.1, -0.05) is 12.1 Å². The fraction of sp³-hybridized carbons (Fsp3) is 0.294. The van der Waals surface area contributed by atoms with Gasteiger partial charge in [0.05, 0.1) is 7.11 Å². The number of rotatable bonds is 3. The molecule has 0 aliphatic heterocycles. The smallest absolute Gasteiger partial charge is 0.122 e. The number of hydrogen-bond donors (Lipinski definition) is 2. The van der Waals surface area contributed by atoms with E-state index in [1.54, 1.807) is 7.11 Å².